The summed E-state index contributed by atoms with van der Waals surface area (Å²) in [6, 6.07) is -0.294. The SMILES string of the molecule is COC(=O)c1ncsc1S(=O)(=O)NC1CC(O)C1. The van der Waals surface area contributed by atoms with E-state index < -0.39 is 22.1 Å². The lowest BCUT2D eigenvalue weighted by atomic mass is 9.91. The van der Waals surface area contributed by atoms with Crippen LogP contribution >= 0.6 is 11.3 Å². The number of nitrogens with one attached hydrogen (secondary N) is 1. The van der Waals surface area contributed by atoms with Gasteiger partial charge in [-0.2, -0.15) is 0 Å². The molecular weight excluding hydrogens is 280 g/mol. The molecule has 0 bridgehead atoms. The van der Waals surface area contributed by atoms with E-state index in [1.807, 2.05) is 0 Å². The smallest absolute Gasteiger partial charge is 0.358 e. The Labute approximate surface area is 108 Å². The first-order chi connectivity index (χ1) is 8.44. The highest BCUT2D eigenvalue weighted by atomic mass is 32.2. The number of ether oxygens (including phenoxy) is 1. The summed E-state index contributed by atoms with van der Waals surface area (Å²) >= 11 is 0.853. The fourth-order valence-electron chi connectivity index (χ4n) is 1.62. The zero-order valence-corrected chi connectivity index (χ0v) is 11.1. The Morgan fingerprint density at radius 1 is 1.61 bits per heavy atom. The summed E-state index contributed by atoms with van der Waals surface area (Å²) in [5.41, 5.74) is 1.06. The summed E-state index contributed by atoms with van der Waals surface area (Å²) < 4.78 is 30.8. The topological polar surface area (TPSA) is 106 Å². The minimum absolute atomic E-state index is 0.157. The van der Waals surface area contributed by atoms with E-state index in [1.165, 1.54) is 5.51 Å². The number of esters is 1. The molecule has 100 valence electrons. The second-order valence-electron chi connectivity index (χ2n) is 3.92. The van der Waals surface area contributed by atoms with Crippen molar-refractivity contribution < 1.29 is 23.1 Å². The number of aliphatic hydroxyl groups excluding tert-OH is 1. The molecule has 1 aromatic rings. The van der Waals surface area contributed by atoms with Crippen molar-refractivity contribution in [2.24, 2.45) is 0 Å². The molecule has 0 radical (unpaired) electrons. The van der Waals surface area contributed by atoms with Gasteiger partial charge < -0.3 is 9.84 Å². The van der Waals surface area contributed by atoms with Gasteiger partial charge >= 0.3 is 5.97 Å². The number of carbonyl (C=O) groups is 1. The number of nitrogens with zero attached hydrogens (tertiary/aromatic N) is 1. The van der Waals surface area contributed by atoms with Crippen molar-refractivity contribution in [3.8, 4) is 0 Å². The number of methoxy groups -OCH3 is 1. The van der Waals surface area contributed by atoms with Gasteiger partial charge in [-0.05, 0) is 12.8 Å². The van der Waals surface area contributed by atoms with E-state index in [4.69, 9.17) is 5.11 Å². The van der Waals surface area contributed by atoms with Crippen molar-refractivity contribution in [1.82, 2.24) is 9.71 Å². The van der Waals surface area contributed by atoms with Gasteiger partial charge in [0.05, 0.1) is 18.7 Å². The molecule has 1 fully saturated rings. The average molecular weight is 292 g/mol. The van der Waals surface area contributed by atoms with Crippen LogP contribution in [0.5, 0.6) is 0 Å². The first-order valence-electron chi connectivity index (χ1n) is 5.16. The standard InChI is InChI=1S/C9H12N2O5S2/c1-16-8(13)7-9(17-4-10-7)18(14,15)11-5-2-6(12)3-5/h4-6,11-12H,2-3H2,1H3. The van der Waals surface area contributed by atoms with Crippen LogP contribution in [0.4, 0.5) is 0 Å². The zero-order valence-electron chi connectivity index (χ0n) is 9.49. The number of carbonyl (C=O) groups excluding carboxylic acids is 1. The minimum Gasteiger partial charge on any atom is -0.464 e. The Hall–Kier alpha value is -1.03. The number of aliphatic hydroxyl groups is 1. The van der Waals surface area contributed by atoms with Gasteiger partial charge in [-0.15, -0.1) is 11.3 Å². The normalized spacial score (nSPS) is 23.4. The lowest BCUT2D eigenvalue weighted by molar-refractivity contribution is 0.0589. The van der Waals surface area contributed by atoms with Gasteiger partial charge in [-0.25, -0.2) is 22.9 Å². The molecule has 1 aromatic heterocycles. The van der Waals surface area contributed by atoms with Crippen molar-refractivity contribution >= 4 is 27.3 Å². The third-order valence-electron chi connectivity index (χ3n) is 2.59. The van der Waals surface area contributed by atoms with Crippen molar-refractivity contribution in [2.45, 2.75) is 29.2 Å². The first kappa shape index (κ1) is 13.4. The number of aromatic nitrogens is 1. The quantitative estimate of drug-likeness (QED) is 0.740. The average Bonchev–Trinajstić information content (AvgIpc) is 2.75. The highest BCUT2D eigenvalue weighted by Crippen LogP contribution is 2.25. The van der Waals surface area contributed by atoms with Crippen molar-refractivity contribution in [3.05, 3.63) is 11.2 Å². The van der Waals surface area contributed by atoms with Gasteiger partial charge in [0.25, 0.3) is 10.0 Å². The predicted octanol–water partition coefficient (Wildman–Crippen LogP) is -0.269. The summed E-state index contributed by atoms with van der Waals surface area (Å²) in [5, 5.41) is 9.11. The predicted molar refractivity (Wildman–Crippen MR) is 62.8 cm³/mol. The molecule has 0 spiro atoms. The molecule has 1 aliphatic rings. The van der Waals surface area contributed by atoms with E-state index in [0.29, 0.717) is 12.8 Å². The summed E-state index contributed by atoms with van der Waals surface area (Å²) in [6.45, 7) is 0. The fourth-order valence-corrected chi connectivity index (χ4v) is 4.03. The van der Waals surface area contributed by atoms with Crippen LogP contribution in [0, 0.1) is 0 Å². The number of hydrogen-bond donors (Lipinski definition) is 2. The Morgan fingerprint density at radius 2 is 2.28 bits per heavy atom. The van der Waals surface area contributed by atoms with Gasteiger partial charge in [0, 0.05) is 6.04 Å². The van der Waals surface area contributed by atoms with Crippen molar-refractivity contribution in [1.29, 1.82) is 0 Å². The maximum atomic E-state index is 12.0. The van der Waals surface area contributed by atoms with Crippen LogP contribution in [0.25, 0.3) is 0 Å². The molecular formula is C9H12N2O5S2. The van der Waals surface area contributed by atoms with E-state index in [9.17, 15) is 13.2 Å². The minimum atomic E-state index is -3.79. The van der Waals surface area contributed by atoms with E-state index in [2.05, 4.69) is 14.4 Å². The van der Waals surface area contributed by atoms with Crippen LogP contribution in [0.2, 0.25) is 0 Å². The van der Waals surface area contributed by atoms with Gasteiger partial charge in [-0.1, -0.05) is 0 Å². The molecule has 0 aliphatic heterocycles. The van der Waals surface area contributed by atoms with Crippen molar-refractivity contribution in [3.63, 3.8) is 0 Å². The zero-order chi connectivity index (χ0) is 13.3. The number of rotatable bonds is 4. The Balaban J connectivity index is 2.19. The van der Waals surface area contributed by atoms with Crippen molar-refractivity contribution in [2.75, 3.05) is 7.11 Å². The van der Waals surface area contributed by atoms with Gasteiger partial charge in [0.1, 0.15) is 0 Å². The lowest BCUT2D eigenvalue weighted by Crippen LogP contribution is -2.46. The summed E-state index contributed by atoms with van der Waals surface area (Å²) in [6.07, 6.45) is 0.302. The van der Waals surface area contributed by atoms with Gasteiger partial charge in [0.15, 0.2) is 9.90 Å². The van der Waals surface area contributed by atoms with Gasteiger partial charge in [0.2, 0.25) is 0 Å². The molecule has 0 atom stereocenters. The largest absolute Gasteiger partial charge is 0.464 e. The second-order valence-corrected chi connectivity index (χ2v) is 6.69. The molecule has 0 aromatic carbocycles. The molecule has 0 unspecified atom stereocenters. The number of sulfonamides is 1. The number of hydrogen-bond acceptors (Lipinski definition) is 7. The molecule has 2 rings (SSSR count). The summed E-state index contributed by atoms with van der Waals surface area (Å²) in [7, 11) is -2.63. The maximum Gasteiger partial charge on any atom is 0.358 e. The fraction of sp³-hybridized carbons (Fsp3) is 0.556. The first-order valence-corrected chi connectivity index (χ1v) is 7.52. The lowest BCUT2D eigenvalue weighted by Gasteiger charge is -2.31. The van der Waals surface area contributed by atoms with Crippen LogP contribution in [0.3, 0.4) is 0 Å². The summed E-state index contributed by atoms with van der Waals surface area (Å²) in [4.78, 5) is 15.0. The molecule has 1 heterocycles. The molecule has 18 heavy (non-hydrogen) atoms. The highest BCUT2D eigenvalue weighted by Gasteiger charge is 2.34. The highest BCUT2D eigenvalue weighted by molar-refractivity contribution is 7.91. The Morgan fingerprint density at radius 3 is 2.83 bits per heavy atom. The third kappa shape index (κ3) is 2.53. The van der Waals surface area contributed by atoms with Crippen LogP contribution in [0.1, 0.15) is 23.3 Å². The number of thiazole rings is 1. The van der Waals surface area contributed by atoms with Crippen LogP contribution in [-0.4, -0.2) is 43.7 Å². The molecule has 7 nitrogen and oxygen atoms in total. The van der Waals surface area contributed by atoms with Gasteiger partial charge in [-0.3, -0.25) is 0 Å². The van der Waals surface area contributed by atoms with Crippen LogP contribution in [0.15, 0.2) is 9.72 Å². The Bertz CT molecular complexity index is 547. The molecule has 0 amide bonds. The van der Waals surface area contributed by atoms with Crippen LogP contribution < -0.4 is 4.72 Å². The Kier molecular flexibility index (Phi) is 3.66. The molecule has 9 heteroatoms. The second kappa shape index (κ2) is 4.92. The monoisotopic (exact) mass is 292 g/mol. The maximum absolute atomic E-state index is 12.0. The van der Waals surface area contributed by atoms with E-state index in [1.54, 1.807) is 0 Å². The molecule has 1 saturated carbocycles. The third-order valence-corrected chi connectivity index (χ3v) is 5.48. The van der Waals surface area contributed by atoms with Crippen LogP contribution in [-0.2, 0) is 14.8 Å². The molecule has 0 saturated heterocycles. The summed E-state index contributed by atoms with van der Waals surface area (Å²) in [5.74, 6) is -0.787. The van der Waals surface area contributed by atoms with E-state index >= 15 is 0 Å². The van der Waals surface area contributed by atoms with E-state index in [-0.39, 0.29) is 15.9 Å². The van der Waals surface area contributed by atoms with E-state index in [0.717, 1.165) is 18.4 Å². The molecule has 2 N–H and O–H groups in total. The molecule has 1 aliphatic carbocycles.